The zero-order valence-corrected chi connectivity index (χ0v) is 10.5. The molecule has 102 valence electrons. The molecule has 0 aliphatic rings. The summed E-state index contributed by atoms with van der Waals surface area (Å²) in [5.74, 6) is -0.104. The quantitative estimate of drug-likeness (QED) is 0.857. The summed E-state index contributed by atoms with van der Waals surface area (Å²) in [6, 6.07) is 8.89. The molecule has 0 aliphatic carbocycles. The first-order valence-electron chi connectivity index (χ1n) is 5.27. The molecule has 0 atom stereocenters. The van der Waals surface area contributed by atoms with Crippen LogP contribution in [-0.2, 0) is 6.18 Å². The topological polar surface area (TPSA) is 61.6 Å². The molecule has 4 nitrogen and oxygen atoms in total. The summed E-state index contributed by atoms with van der Waals surface area (Å²) in [6.07, 6.45) is -4.61. The molecule has 2 rings (SSSR count). The number of nitriles is 1. The highest BCUT2D eigenvalue weighted by Gasteiger charge is 2.33. The molecule has 0 radical (unpaired) electrons. The molecule has 0 unspecified atom stereocenters. The van der Waals surface area contributed by atoms with Gasteiger partial charge in [-0.2, -0.15) is 18.4 Å². The lowest BCUT2D eigenvalue weighted by atomic mass is 10.2. The molecule has 1 aromatic heterocycles. The predicted octanol–water partition coefficient (Wildman–Crippen LogP) is 3.76. The van der Waals surface area contributed by atoms with Crippen molar-refractivity contribution < 1.29 is 13.2 Å². The van der Waals surface area contributed by atoms with Crippen LogP contribution < -0.4 is 5.32 Å². The highest BCUT2D eigenvalue weighted by Crippen LogP contribution is 2.30. The number of anilines is 2. The molecule has 0 amide bonds. The molecule has 0 saturated carbocycles. The van der Waals surface area contributed by atoms with Crippen molar-refractivity contribution in [2.24, 2.45) is 0 Å². The van der Waals surface area contributed by atoms with E-state index in [9.17, 15) is 13.2 Å². The molecule has 1 heterocycles. The zero-order valence-electron chi connectivity index (χ0n) is 9.74. The third kappa shape index (κ3) is 3.36. The Morgan fingerprint density at radius 1 is 1.20 bits per heavy atom. The van der Waals surface area contributed by atoms with Crippen molar-refractivity contribution in [1.82, 2.24) is 9.97 Å². The minimum atomic E-state index is -4.61. The van der Waals surface area contributed by atoms with E-state index in [-0.39, 0.29) is 5.82 Å². The van der Waals surface area contributed by atoms with Gasteiger partial charge in [-0.25, -0.2) is 9.97 Å². The largest absolute Gasteiger partial charge is 0.433 e. The minimum absolute atomic E-state index is 0.104. The Morgan fingerprint density at radius 3 is 2.60 bits per heavy atom. The van der Waals surface area contributed by atoms with Gasteiger partial charge in [-0.1, -0.05) is 6.07 Å². The molecule has 0 fully saturated rings. The standard InChI is InChI=1S/C12H6ClF3N4/c13-11-19-9(12(14,15)16)5-10(20-11)18-8-3-1-2-7(4-8)6-17/h1-5H,(H,18,19,20). The average Bonchev–Trinajstić information content (AvgIpc) is 2.37. The third-order valence-electron chi connectivity index (χ3n) is 2.25. The number of rotatable bonds is 2. The Labute approximate surface area is 116 Å². The Morgan fingerprint density at radius 2 is 1.95 bits per heavy atom. The van der Waals surface area contributed by atoms with Gasteiger partial charge < -0.3 is 5.32 Å². The summed E-state index contributed by atoms with van der Waals surface area (Å²) < 4.78 is 37.8. The first-order chi connectivity index (χ1) is 9.38. The van der Waals surface area contributed by atoms with E-state index in [0.717, 1.165) is 6.07 Å². The lowest BCUT2D eigenvalue weighted by molar-refractivity contribution is -0.141. The lowest BCUT2D eigenvalue weighted by Crippen LogP contribution is -2.10. The van der Waals surface area contributed by atoms with Crippen molar-refractivity contribution in [2.75, 3.05) is 5.32 Å². The van der Waals surface area contributed by atoms with Gasteiger partial charge in [0, 0.05) is 11.8 Å². The van der Waals surface area contributed by atoms with Crippen molar-refractivity contribution in [3.8, 4) is 6.07 Å². The molecule has 8 heteroatoms. The fourth-order valence-corrected chi connectivity index (χ4v) is 1.62. The van der Waals surface area contributed by atoms with E-state index in [1.807, 2.05) is 6.07 Å². The van der Waals surface area contributed by atoms with E-state index in [4.69, 9.17) is 16.9 Å². The molecule has 1 aromatic carbocycles. The molecule has 0 saturated heterocycles. The fraction of sp³-hybridized carbons (Fsp3) is 0.0833. The first kappa shape index (κ1) is 14.1. The fourth-order valence-electron chi connectivity index (χ4n) is 1.44. The van der Waals surface area contributed by atoms with Crippen molar-refractivity contribution >= 4 is 23.1 Å². The number of halogens is 4. The van der Waals surface area contributed by atoms with E-state index in [1.54, 1.807) is 18.2 Å². The number of aromatic nitrogens is 2. The van der Waals surface area contributed by atoms with Gasteiger partial charge in [0.1, 0.15) is 5.82 Å². The summed E-state index contributed by atoms with van der Waals surface area (Å²) in [7, 11) is 0. The Kier molecular flexibility index (Phi) is 3.77. The summed E-state index contributed by atoms with van der Waals surface area (Å²) in [5.41, 5.74) is -0.352. The number of hydrogen-bond acceptors (Lipinski definition) is 4. The molecule has 1 N–H and O–H groups in total. The molecule has 0 aliphatic heterocycles. The molecular formula is C12H6ClF3N4. The second-order valence-electron chi connectivity index (χ2n) is 3.72. The zero-order chi connectivity index (χ0) is 14.8. The van der Waals surface area contributed by atoms with Crippen molar-refractivity contribution in [3.63, 3.8) is 0 Å². The van der Waals surface area contributed by atoms with Crippen LogP contribution in [0.25, 0.3) is 0 Å². The number of nitrogens with zero attached hydrogens (tertiary/aromatic N) is 3. The Bertz CT molecular complexity index is 679. The van der Waals surface area contributed by atoms with Crippen LogP contribution in [0.15, 0.2) is 30.3 Å². The molecule has 20 heavy (non-hydrogen) atoms. The first-order valence-corrected chi connectivity index (χ1v) is 5.65. The van der Waals surface area contributed by atoms with Crippen LogP contribution in [0.3, 0.4) is 0 Å². The molecule has 2 aromatic rings. The van der Waals surface area contributed by atoms with Crippen LogP contribution in [0.1, 0.15) is 11.3 Å². The van der Waals surface area contributed by atoms with Gasteiger partial charge in [0.2, 0.25) is 5.28 Å². The monoisotopic (exact) mass is 298 g/mol. The van der Waals surface area contributed by atoms with Gasteiger partial charge in [0.15, 0.2) is 5.69 Å². The summed E-state index contributed by atoms with van der Waals surface area (Å²) in [4.78, 5) is 6.78. The van der Waals surface area contributed by atoms with E-state index in [0.29, 0.717) is 11.3 Å². The molecular weight excluding hydrogens is 293 g/mol. The second kappa shape index (κ2) is 5.35. The maximum atomic E-state index is 12.6. The molecule has 0 spiro atoms. The van der Waals surface area contributed by atoms with Gasteiger partial charge >= 0.3 is 6.18 Å². The van der Waals surface area contributed by atoms with Crippen molar-refractivity contribution in [2.45, 2.75) is 6.18 Å². The van der Waals surface area contributed by atoms with Crippen LogP contribution in [0.5, 0.6) is 0 Å². The van der Waals surface area contributed by atoms with Gasteiger partial charge in [-0.15, -0.1) is 0 Å². The van der Waals surface area contributed by atoms with Crippen molar-refractivity contribution in [1.29, 1.82) is 5.26 Å². The van der Waals surface area contributed by atoms with Crippen molar-refractivity contribution in [3.05, 3.63) is 46.9 Å². The lowest BCUT2D eigenvalue weighted by Gasteiger charge is -2.10. The average molecular weight is 299 g/mol. The summed E-state index contributed by atoms with van der Waals surface area (Å²) in [6.45, 7) is 0. The smallest absolute Gasteiger partial charge is 0.340 e. The van der Waals surface area contributed by atoms with Crippen LogP contribution >= 0.6 is 11.6 Å². The second-order valence-corrected chi connectivity index (χ2v) is 4.06. The predicted molar refractivity (Wildman–Crippen MR) is 66.5 cm³/mol. The van der Waals surface area contributed by atoms with Gasteiger partial charge in [-0.3, -0.25) is 0 Å². The number of hydrogen-bond donors (Lipinski definition) is 1. The van der Waals surface area contributed by atoms with E-state index < -0.39 is 17.2 Å². The Balaban J connectivity index is 2.34. The number of benzene rings is 1. The summed E-state index contributed by atoms with van der Waals surface area (Å²) in [5, 5.41) is 10.9. The van der Waals surface area contributed by atoms with Gasteiger partial charge in [-0.05, 0) is 29.8 Å². The van der Waals surface area contributed by atoms with E-state index >= 15 is 0 Å². The van der Waals surface area contributed by atoms with E-state index in [2.05, 4.69) is 15.3 Å². The minimum Gasteiger partial charge on any atom is -0.340 e. The van der Waals surface area contributed by atoms with Gasteiger partial charge in [0.05, 0.1) is 11.6 Å². The van der Waals surface area contributed by atoms with Crippen LogP contribution in [0, 0.1) is 11.3 Å². The van der Waals surface area contributed by atoms with E-state index in [1.165, 1.54) is 6.07 Å². The van der Waals surface area contributed by atoms with Crippen LogP contribution in [-0.4, -0.2) is 9.97 Å². The maximum Gasteiger partial charge on any atom is 0.433 e. The SMILES string of the molecule is N#Cc1cccc(Nc2cc(C(F)(F)F)nc(Cl)n2)c1. The van der Waals surface area contributed by atoms with Crippen LogP contribution in [0.4, 0.5) is 24.7 Å². The third-order valence-corrected chi connectivity index (χ3v) is 2.42. The number of nitrogens with one attached hydrogen (secondary N) is 1. The Hall–Kier alpha value is -2.33. The normalized spacial score (nSPS) is 10.9. The highest BCUT2D eigenvalue weighted by molar-refractivity contribution is 6.28. The summed E-state index contributed by atoms with van der Waals surface area (Å²) >= 11 is 5.47. The number of alkyl halides is 3. The van der Waals surface area contributed by atoms with Gasteiger partial charge in [0.25, 0.3) is 0 Å². The molecule has 0 bridgehead atoms. The maximum absolute atomic E-state index is 12.6. The highest BCUT2D eigenvalue weighted by atomic mass is 35.5. The van der Waals surface area contributed by atoms with Crippen LogP contribution in [0.2, 0.25) is 5.28 Å².